The van der Waals surface area contributed by atoms with Crippen LogP contribution in [-0.4, -0.2) is 81.6 Å². The zero-order valence-corrected chi connectivity index (χ0v) is 27.5. The molecule has 0 fully saturated rings. The van der Waals surface area contributed by atoms with Crippen molar-refractivity contribution in [2.45, 2.75) is 77.4 Å². The van der Waals surface area contributed by atoms with Crippen molar-refractivity contribution in [3.8, 4) is 11.1 Å². The Morgan fingerprint density at radius 1 is 0.804 bits per heavy atom. The molecule has 252 valence electrons. The van der Waals surface area contributed by atoms with Gasteiger partial charge in [0.25, 0.3) is 0 Å². The lowest BCUT2D eigenvalue weighted by Crippen LogP contribution is -2.47. The molecule has 0 aliphatic heterocycles. The Bertz CT molecular complexity index is 1250. The Balaban J connectivity index is 1.42. The van der Waals surface area contributed by atoms with Crippen LogP contribution < -0.4 is 16.0 Å². The van der Waals surface area contributed by atoms with E-state index in [-0.39, 0.29) is 37.8 Å². The van der Waals surface area contributed by atoms with Crippen molar-refractivity contribution in [2.75, 3.05) is 46.1 Å². The number of ether oxygens (including phenoxy) is 4. The lowest BCUT2D eigenvalue weighted by atomic mass is 9.98. The number of carbonyl (C=O) groups is 4. The van der Waals surface area contributed by atoms with Crippen molar-refractivity contribution < 1.29 is 38.1 Å². The maximum absolute atomic E-state index is 12.9. The van der Waals surface area contributed by atoms with Gasteiger partial charge in [-0.05, 0) is 69.2 Å². The van der Waals surface area contributed by atoms with Crippen molar-refractivity contribution >= 4 is 23.9 Å². The molecule has 0 saturated heterocycles. The highest BCUT2D eigenvalue weighted by Gasteiger charge is 2.29. The Hall–Kier alpha value is -3.96. The highest BCUT2D eigenvalue weighted by Crippen LogP contribution is 2.44. The number of esters is 1. The maximum atomic E-state index is 12.9. The highest BCUT2D eigenvalue weighted by molar-refractivity contribution is 5.88. The molecule has 46 heavy (non-hydrogen) atoms. The molecule has 2 aromatic carbocycles. The van der Waals surface area contributed by atoms with E-state index >= 15 is 0 Å². The SMILES string of the molecule is CCOCCOCCNC(=O)C(CCCCNC(=O)OCC1c2ccccc2-c2ccccc21)NC(=O)CCC(=O)OC(C)(C)C. The molecule has 1 atom stereocenters. The molecular formula is C35H49N3O8. The number of alkyl carbamates (subject to hydrolysis) is 1. The van der Waals surface area contributed by atoms with E-state index in [9.17, 15) is 19.2 Å². The second kappa shape index (κ2) is 18.9. The zero-order valence-electron chi connectivity index (χ0n) is 27.5. The third-order valence-corrected chi connectivity index (χ3v) is 7.28. The van der Waals surface area contributed by atoms with Crippen molar-refractivity contribution in [1.29, 1.82) is 0 Å². The van der Waals surface area contributed by atoms with Crippen LogP contribution in [0.1, 0.15) is 76.8 Å². The average molecular weight is 640 g/mol. The summed E-state index contributed by atoms with van der Waals surface area (Å²) in [6.07, 6.45) is 0.788. The van der Waals surface area contributed by atoms with E-state index in [4.69, 9.17) is 18.9 Å². The largest absolute Gasteiger partial charge is 0.460 e. The number of benzene rings is 2. The minimum Gasteiger partial charge on any atom is -0.460 e. The first-order valence-electron chi connectivity index (χ1n) is 16.1. The Morgan fingerprint density at radius 3 is 2.11 bits per heavy atom. The number of rotatable bonds is 19. The van der Waals surface area contributed by atoms with Crippen molar-refractivity contribution in [3.63, 3.8) is 0 Å². The van der Waals surface area contributed by atoms with E-state index in [2.05, 4.69) is 40.2 Å². The van der Waals surface area contributed by atoms with Crippen LogP contribution in [0.15, 0.2) is 48.5 Å². The van der Waals surface area contributed by atoms with Gasteiger partial charge in [0.1, 0.15) is 18.2 Å². The number of hydrogen-bond donors (Lipinski definition) is 3. The molecule has 0 radical (unpaired) electrons. The standard InChI is InChI=1S/C35H49N3O8/c1-5-43-22-23-44-21-20-36-33(41)30(38-31(39)17-18-32(40)46-35(2,3)4)16-10-11-19-37-34(42)45-24-29-27-14-8-6-12-25(27)26-13-7-9-15-28(26)29/h6-9,12-15,29-30H,5,10-11,16-24H2,1-4H3,(H,36,41)(H,37,42)(H,38,39). The molecule has 3 amide bonds. The van der Waals surface area contributed by atoms with Gasteiger partial charge in [-0.2, -0.15) is 0 Å². The molecule has 1 aliphatic rings. The molecule has 0 spiro atoms. The lowest BCUT2D eigenvalue weighted by Gasteiger charge is -2.20. The first-order valence-corrected chi connectivity index (χ1v) is 16.1. The van der Waals surface area contributed by atoms with Crippen LogP contribution in [0.25, 0.3) is 11.1 Å². The lowest BCUT2D eigenvalue weighted by molar-refractivity contribution is -0.155. The average Bonchev–Trinajstić information content (AvgIpc) is 3.34. The number of fused-ring (bicyclic) bond motifs is 3. The summed E-state index contributed by atoms with van der Waals surface area (Å²) in [5, 5.41) is 8.32. The number of amides is 3. The Morgan fingerprint density at radius 2 is 1.46 bits per heavy atom. The van der Waals surface area contributed by atoms with E-state index in [1.165, 1.54) is 0 Å². The van der Waals surface area contributed by atoms with Gasteiger partial charge in [0.2, 0.25) is 11.8 Å². The molecule has 1 unspecified atom stereocenters. The summed E-state index contributed by atoms with van der Waals surface area (Å²) in [5.41, 5.74) is 3.97. The molecule has 11 nitrogen and oxygen atoms in total. The van der Waals surface area contributed by atoms with Gasteiger partial charge in [-0.3, -0.25) is 14.4 Å². The smallest absolute Gasteiger partial charge is 0.407 e. The summed E-state index contributed by atoms with van der Waals surface area (Å²) in [6.45, 7) is 9.85. The molecule has 0 aromatic heterocycles. The summed E-state index contributed by atoms with van der Waals surface area (Å²) >= 11 is 0. The third-order valence-electron chi connectivity index (χ3n) is 7.28. The monoisotopic (exact) mass is 639 g/mol. The van der Waals surface area contributed by atoms with Gasteiger partial charge >= 0.3 is 12.1 Å². The van der Waals surface area contributed by atoms with E-state index in [0.717, 1.165) is 22.3 Å². The highest BCUT2D eigenvalue weighted by atomic mass is 16.6. The number of hydrogen-bond acceptors (Lipinski definition) is 8. The number of unbranched alkanes of at least 4 members (excludes halogenated alkanes) is 1. The first-order chi connectivity index (χ1) is 22.1. The molecule has 11 heteroatoms. The third kappa shape index (κ3) is 12.4. The molecule has 3 N–H and O–H groups in total. The van der Waals surface area contributed by atoms with Crippen molar-refractivity contribution in [1.82, 2.24) is 16.0 Å². The van der Waals surface area contributed by atoms with Gasteiger partial charge in [0.15, 0.2) is 0 Å². The van der Waals surface area contributed by atoms with Gasteiger partial charge in [-0.15, -0.1) is 0 Å². The van der Waals surface area contributed by atoms with E-state index < -0.39 is 29.6 Å². The van der Waals surface area contributed by atoms with E-state index in [1.807, 2.05) is 31.2 Å². The normalized spacial score (nSPS) is 12.9. The van der Waals surface area contributed by atoms with Gasteiger partial charge in [0.05, 0.1) is 26.2 Å². The topological polar surface area (TPSA) is 141 Å². The second-order valence-corrected chi connectivity index (χ2v) is 12.1. The van der Waals surface area contributed by atoms with Crippen molar-refractivity contribution in [2.24, 2.45) is 0 Å². The molecular weight excluding hydrogens is 590 g/mol. The number of carbonyl (C=O) groups excluding carboxylic acids is 4. The Labute approximate surface area is 272 Å². The summed E-state index contributed by atoms with van der Waals surface area (Å²) < 4.78 is 21.5. The zero-order chi connectivity index (χ0) is 33.4. The maximum Gasteiger partial charge on any atom is 0.407 e. The van der Waals surface area contributed by atoms with Crippen LogP contribution >= 0.6 is 0 Å². The van der Waals surface area contributed by atoms with Crippen molar-refractivity contribution in [3.05, 3.63) is 59.7 Å². The predicted octanol–water partition coefficient (Wildman–Crippen LogP) is 4.47. The summed E-state index contributed by atoms with van der Waals surface area (Å²) in [7, 11) is 0. The number of nitrogens with one attached hydrogen (secondary N) is 3. The summed E-state index contributed by atoms with van der Waals surface area (Å²) in [5.74, 6) is -1.27. The summed E-state index contributed by atoms with van der Waals surface area (Å²) in [6, 6.07) is 15.5. The minimum atomic E-state index is -0.802. The van der Waals surface area contributed by atoms with Crippen LogP contribution in [0, 0.1) is 0 Å². The second-order valence-electron chi connectivity index (χ2n) is 12.1. The van der Waals surface area contributed by atoms with Crippen LogP contribution in [0.5, 0.6) is 0 Å². The van der Waals surface area contributed by atoms with Crippen LogP contribution in [0.2, 0.25) is 0 Å². The van der Waals surface area contributed by atoms with Gasteiger partial charge in [0, 0.05) is 32.0 Å². The van der Waals surface area contributed by atoms with Gasteiger partial charge < -0.3 is 34.9 Å². The van der Waals surface area contributed by atoms with E-state index in [0.29, 0.717) is 52.2 Å². The molecule has 0 saturated carbocycles. The fourth-order valence-corrected chi connectivity index (χ4v) is 5.19. The van der Waals surface area contributed by atoms with Gasteiger partial charge in [-0.25, -0.2) is 4.79 Å². The van der Waals surface area contributed by atoms with E-state index in [1.54, 1.807) is 20.8 Å². The Kier molecular flexibility index (Phi) is 15.0. The molecule has 2 aromatic rings. The fraction of sp³-hybridized carbons (Fsp3) is 0.543. The van der Waals surface area contributed by atoms with Crippen LogP contribution in [-0.2, 0) is 33.3 Å². The summed E-state index contributed by atoms with van der Waals surface area (Å²) in [4.78, 5) is 50.1. The van der Waals surface area contributed by atoms with Crippen LogP contribution in [0.3, 0.4) is 0 Å². The minimum absolute atomic E-state index is 0.0218. The molecule has 3 rings (SSSR count). The molecule has 0 heterocycles. The molecule has 0 bridgehead atoms. The quantitative estimate of drug-likeness (QED) is 0.151. The predicted molar refractivity (Wildman–Crippen MR) is 174 cm³/mol. The van der Waals surface area contributed by atoms with Gasteiger partial charge in [-0.1, -0.05) is 48.5 Å². The fourth-order valence-electron chi connectivity index (χ4n) is 5.19. The molecule has 1 aliphatic carbocycles. The van der Waals surface area contributed by atoms with Crippen LogP contribution in [0.4, 0.5) is 4.79 Å². The first kappa shape index (κ1) is 36.5.